The summed E-state index contributed by atoms with van der Waals surface area (Å²) in [6.45, 7) is 0. The van der Waals surface area contributed by atoms with Crippen molar-refractivity contribution in [1.82, 2.24) is 0 Å². The number of rotatable bonds is 6. The van der Waals surface area contributed by atoms with Crippen LogP contribution in [0.1, 0.15) is 44.5 Å². The summed E-state index contributed by atoms with van der Waals surface area (Å²) in [7, 11) is 0. The Morgan fingerprint density at radius 2 is 0.548 bits per heavy atom. The van der Waals surface area contributed by atoms with Gasteiger partial charge in [-0.15, -0.1) is 0 Å². The van der Waals surface area contributed by atoms with Crippen molar-refractivity contribution in [3.63, 3.8) is 0 Å². The van der Waals surface area contributed by atoms with Gasteiger partial charge in [0.2, 0.25) is 0 Å². The molecule has 1 heteroatoms. The van der Waals surface area contributed by atoms with E-state index in [0.717, 1.165) is 17.1 Å². The highest BCUT2D eigenvalue weighted by atomic mass is 15.1. The second-order valence-electron chi connectivity index (χ2n) is 19.8. The van der Waals surface area contributed by atoms with Gasteiger partial charge in [0.25, 0.3) is 0 Å². The van der Waals surface area contributed by atoms with Crippen LogP contribution >= 0.6 is 0 Å². The lowest BCUT2D eigenvalue weighted by atomic mass is 9.51. The standard InChI is InChI=1S/C72H47N/c1-2-18-48(19-3-1)49-36-42-53(43-37-49)73(54-44-38-51(39-45-54)57-27-16-21-50-20-4-5-22-56(50)57)55-46-40-52(41-47-55)58-28-17-35-69-70(58)72(65-31-12-8-25-61(65)62-26-9-13-32-66(62)72)68-34-15-14-33-67(68)71(69)63-29-10-6-23-59(63)60-24-7-11-30-64(60)71/h1-47H. The molecule has 0 aliphatic heterocycles. The number of hydrogen-bond donors (Lipinski definition) is 0. The number of nitrogens with zero attached hydrogens (tertiary/aromatic N) is 1. The minimum absolute atomic E-state index is 0.548. The van der Waals surface area contributed by atoms with Gasteiger partial charge in [-0.25, -0.2) is 0 Å². The second kappa shape index (κ2) is 16.1. The molecule has 3 aliphatic carbocycles. The van der Waals surface area contributed by atoms with Crippen LogP contribution in [-0.4, -0.2) is 0 Å². The number of fused-ring (bicyclic) bond motifs is 17. The van der Waals surface area contributed by atoms with E-state index in [9.17, 15) is 0 Å². The lowest BCUT2D eigenvalue weighted by molar-refractivity contribution is 0.634. The van der Waals surface area contributed by atoms with Gasteiger partial charge in [0.15, 0.2) is 0 Å². The van der Waals surface area contributed by atoms with Gasteiger partial charge in [-0.2, -0.15) is 0 Å². The maximum Gasteiger partial charge on any atom is 0.0725 e. The number of benzene rings is 12. The van der Waals surface area contributed by atoms with Crippen LogP contribution in [0.4, 0.5) is 17.1 Å². The van der Waals surface area contributed by atoms with Gasteiger partial charge in [0.05, 0.1) is 10.8 Å². The Bertz CT molecular complexity index is 4030. The van der Waals surface area contributed by atoms with E-state index < -0.39 is 10.8 Å². The largest absolute Gasteiger partial charge is 0.311 e. The van der Waals surface area contributed by atoms with E-state index in [0.29, 0.717) is 0 Å². The Morgan fingerprint density at radius 1 is 0.205 bits per heavy atom. The Hall–Kier alpha value is -9.30. The molecule has 0 amide bonds. The molecule has 0 fully saturated rings. The molecule has 15 rings (SSSR count). The van der Waals surface area contributed by atoms with E-state index in [2.05, 4.69) is 290 Å². The SMILES string of the molecule is c1ccc(-c2ccc(N(c3ccc(-c4cccc5c4C4(c6ccccc6-c6ccccc64)c4ccccc4C54c5ccccc5-c5ccccc54)cc3)c3ccc(-c4cccc5ccccc45)cc3)cc2)cc1. The molecule has 12 aromatic carbocycles. The van der Waals surface area contributed by atoms with Gasteiger partial charge in [0, 0.05) is 17.1 Å². The fourth-order valence-corrected chi connectivity index (χ4v) is 13.5. The van der Waals surface area contributed by atoms with Crippen molar-refractivity contribution in [2.45, 2.75) is 10.8 Å². The van der Waals surface area contributed by atoms with Crippen LogP contribution in [-0.2, 0) is 10.8 Å². The predicted molar refractivity (Wildman–Crippen MR) is 303 cm³/mol. The van der Waals surface area contributed by atoms with Gasteiger partial charge in [-0.05, 0) is 147 Å². The fourth-order valence-electron chi connectivity index (χ4n) is 13.5. The van der Waals surface area contributed by atoms with Crippen molar-refractivity contribution in [3.8, 4) is 55.6 Å². The molecule has 0 unspecified atom stereocenters. The maximum absolute atomic E-state index is 2.45. The molecule has 1 nitrogen and oxygen atoms in total. The minimum atomic E-state index is -0.593. The zero-order valence-electron chi connectivity index (χ0n) is 40.1. The van der Waals surface area contributed by atoms with Crippen LogP contribution < -0.4 is 4.90 Å². The van der Waals surface area contributed by atoms with Crippen LogP contribution in [0.15, 0.2) is 285 Å². The molecular weight excluding hydrogens is 879 g/mol. The maximum atomic E-state index is 2.45. The van der Waals surface area contributed by atoms with Gasteiger partial charge >= 0.3 is 0 Å². The molecule has 3 aliphatic rings. The second-order valence-corrected chi connectivity index (χ2v) is 19.8. The summed E-state index contributed by atoms with van der Waals surface area (Å²) in [5.41, 5.74) is 25.3. The minimum Gasteiger partial charge on any atom is -0.311 e. The first-order valence-corrected chi connectivity index (χ1v) is 25.5. The lowest BCUT2D eigenvalue weighted by Crippen LogP contribution is -2.44. The quantitative estimate of drug-likeness (QED) is 0.161. The Labute approximate surface area is 426 Å². The van der Waals surface area contributed by atoms with E-state index >= 15 is 0 Å². The molecule has 0 saturated carbocycles. The molecule has 0 atom stereocenters. The molecule has 2 spiro atoms. The first-order valence-electron chi connectivity index (χ1n) is 25.5. The van der Waals surface area contributed by atoms with Gasteiger partial charge in [-0.1, -0.05) is 249 Å². The molecule has 0 N–H and O–H groups in total. The normalized spacial score (nSPS) is 13.7. The topological polar surface area (TPSA) is 3.24 Å². The zero-order valence-corrected chi connectivity index (χ0v) is 40.1. The molecular formula is C72H47N. The lowest BCUT2D eigenvalue weighted by Gasteiger charge is -2.49. The highest BCUT2D eigenvalue weighted by Crippen LogP contribution is 2.68. The van der Waals surface area contributed by atoms with Gasteiger partial charge < -0.3 is 4.90 Å². The van der Waals surface area contributed by atoms with Crippen LogP contribution in [0.25, 0.3) is 66.4 Å². The number of hydrogen-bond acceptors (Lipinski definition) is 1. The van der Waals surface area contributed by atoms with E-state index in [-0.39, 0.29) is 0 Å². The van der Waals surface area contributed by atoms with Crippen molar-refractivity contribution in [2.75, 3.05) is 4.90 Å². The van der Waals surface area contributed by atoms with Crippen molar-refractivity contribution < 1.29 is 0 Å². The van der Waals surface area contributed by atoms with Crippen LogP contribution in [0.3, 0.4) is 0 Å². The molecule has 0 aromatic heterocycles. The van der Waals surface area contributed by atoms with Crippen molar-refractivity contribution in [3.05, 3.63) is 330 Å². The average Bonchev–Trinajstić information content (AvgIpc) is 3.94. The molecule has 12 aromatic rings. The van der Waals surface area contributed by atoms with E-state index in [1.165, 1.54) is 111 Å². The van der Waals surface area contributed by atoms with E-state index in [4.69, 9.17) is 0 Å². The van der Waals surface area contributed by atoms with E-state index in [1.54, 1.807) is 0 Å². The first kappa shape index (κ1) is 41.5. The Kier molecular flexibility index (Phi) is 9.16. The molecule has 0 bridgehead atoms. The Balaban J connectivity index is 0.947. The summed E-state index contributed by atoms with van der Waals surface area (Å²) >= 11 is 0. The highest BCUT2D eigenvalue weighted by Gasteiger charge is 2.59. The monoisotopic (exact) mass is 925 g/mol. The molecule has 0 saturated heterocycles. The average molecular weight is 926 g/mol. The Morgan fingerprint density at radius 3 is 1.10 bits per heavy atom. The molecule has 0 radical (unpaired) electrons. The van der Waals surface area contributed by atoms with Gasteiger partial charge in [-0.3, -0.25) is 0 Å². The van der Waals surface area contributed by atoms with Crippen molar-refractivity contribution >= 4 is 27.8 Å². The third-order valence-electron chi connectivity index (χ3n) is 16.4. The summed E-state index contributed by atoms with van der Waals surface area (Å²) in [4.78, 5) is 2.40. The molecule has 340 valence electrons. The van der Waals surface area contributed by atoms with Crippen LogP contribution in [0.2, 0.25) is 0 Å². The summed E-state index contributed by atoms with van der Waals surface area (Å²) in [5.74, 6) is 0. The highest BCUT2D eigenvalue weighted by molar-refractivity contribution is 5.98. The van der Waals surface area contributed by atoms with Crippen molar-refractivity contribution in [2.24, 2.45) is 0 Å². The molecule has 73 heavy (non-hydrogen) atoms. The summed E-state index contributed by atoms with van der Waals surface area (Å²) in [6, 6.07) is 107. The van der Waals surface area contributed by atoms with Gasteiger partial charge in [0.1, 0.15) is 0 Å². The van der Waals surface area contributed by atoms with Crippen LogP contribution in [0, 0.1) is 0 Å². The predicted octanol–water partition coefficient (Wildman–Crippen LogP) is 18.4. The van der Waals surface area contributed by atoms with Crippen molar-refractivity contribution in [1.29, 1.82) is 0 Å². The smallest absolute Gasteiger partial charge is 0.0725 e. The summed E-state index contributed by atoms with van der Waals surface area (Å²) in [5, 5.41) is 2.50. The van der Waals surface area contributed by atoms with Crippen LogP contribution in [0.5, 0.6) is 0 Å². The fraction of sp³-hybridized carbons (Fsp3) is 0.0278. The summed E-state index contributed by atoms with van der Waals surface area (Å²) in [6.07, 6.45) is 0. The number of anilines is 3. The third kappa shape index (κ3) is 5.85. The molecule has 0 heterocycles. The zero-order chi connectivity index (χ0) is 48.1. The summed E-state index contributed by atoms with van der Waals surface area (Å²) < 4.78 is 0. The third-order valence-corrected chi connectivity index (χ3v) is 16.4. The van der Waals surface area contributed by atoms with E-state index in [1.807, 2.05) is 0 Å². The first-order chi connectivity index (χ1) is 36.2.